The highest BCUT2D eigenvalue weighted by atomic mass is 19.4. The number of alkyl halides is 3. The van der Waals surface area contributed by atoms with E-state index in [0.29, 0.717) is 22.6 Å². The van der Waals surface area contributed by atoms with E-state index in [9.17, 15) is 18.0 Å². The number of hydrogen-bond donors (Lipinski definition) is 1. The number of carbonyl (C=O) groups is 1. The van der Waals surface area contributed by atoms with E-state index in [-0.39, 0.29) is 12.5 Å². The Bertz CT molecular complexity index is 1010. The smallest absolute Gasteiger partial charge is 0.416 e. The molecular weight excluding hydrogens is 397 g/mol. The fraction of sp³-hybridized carbons (Fsp3) is 0.273. The Morgan fingerprint density at radius 3 is 2.47 bits per heavy atom. The van der Waals surface area contributed by atoms with E-state index in [0.717, 1.165) is 23.4 Å². The lowest BCUT2D eigenvalue weighted by molar-refractivity contribution is -0.137. The number of rotatable bonds is 6. The number of amides is 1. The first-order valence-corrected chi connectivity index (χ1v) is 9.28. The molecule has 0 bridgehead atoms. The van der Waals surface area contributed by atoms with Gasteiger partial charge in [-0.3, -0.25) is 4.79 Å². The van der Waals surface area contributed by atoms with Gasteiger partial charge in [-0.2, -0.15) is 13.2 Å². The van der Waals surface area contributed by atoms with Crippen LogP contribution in [0.4, 0.5) is 13.2 Å². The fourth-order valence-corrected chi connectivity index (χ4v) is 2.91. The summed E-state index contributed by atoms with van der Waals surface area (Å²) in [5.74, 6) is 0.821. The highest BCUT2D eigenvalue weighted by molar-refractivity contribution is 5.94. The second kappa shape index (κ2) is 8.61. The molecule has 3 aromatic rings. The molecule has 3 rings (SSSR count). The van der Waals surface area contributed by atoms with Gasteiger partial charge >= 0.3 is 6.18 Å². The molecule has 5 nitrogen and oxygen atoms in total. The molecule has 2 aromatic carbocycles. The predicted octanol–water partition coefficient (Wildman–Crippen LogP) is 5.38. The molecule has 1 heterocycles. The zero-order valence-electron chi connectivity index (χ0n) is 16.7. The lowest BCUT2D eigenvalue weighted by Crippen LogP contribution is -2.26. The molecule has 1 amide bonds. The van der Waals surface area contributed by atoms with Crippen molar-refractivity contribution in [1.82, 2.24) is 10.5 Å². The van der Waals surface area contributed by atoms with Gasteiger partial charge in [0.05, 0.1) is 22.9 Å². The number of carbonyl (C=O) groups excluding carboxylic acids is 1. The highest BCUT2D eigenvalue weighted by Crippen LogP contribution is 2.30. The lowest BCUT2D eigenvalue weighted by atomic mass is 10.1. The van der Waals surface area contributed by atoms with Crippen molar-refractivity contribution in [3.63, 3.8) is 0 Å². The molecule has 0 spiro atoms. The Morgan fingerprint density at radius 2 is 1.87 bits per heavy atom. The predicted molar refractivity (Wildman–Crippen MR) is 104 cm³/mol. The number of nitrogens with zero attached hydrogens (tertiary/aromatic N) is 1. The van der Waals surface area contributed by atoms with E-state index in [4.69, 9.17) is 9.26 Å². The molecule has 158 valence electrons. The maximum atomic E-state index is 12.7. The largest absolute Gasteiger partial charge is 0.489 e. The number of hydrogen-bond acceptors (Lipinski definition) is 4. The number of benzene rings is 2. The number of ether oxygens (including phenoxy) is 1. The molecule has 8 heteroatoms. The van der Waals surface area contributed by atoms with Crippen LogP contribution in [-0.4, -0.2) is 11.1 Å². The SMILES string of the molecule is Cc1noc(C)c1COc1cccc(C(=O)NC(C)c2ccc(C(F)(F)F)cc2)c1. The summed E-state index contributed by atoms with van der Waals surface area (Å²) in [5, 5.41) is 6.66. The summed E-state index contributed by atoms with van der Waals surface area (Å²) in [4.78, 5) is 12.6. The number of halogens is 3. The van der Waals surface area contributed by atoms with Crippen molar-refractivity contribution in [1.29, 1.82) is 0 Å². The van der Waals surface area contributed by atoms with Gasteiger partial charge in [0.25, 0.3) is 5.91 Å². The molecule has 0 aliphatic rings. The molecule has 1 N–H and O–H groups in total. The number of nitrogens with one attached hydrogen (secondary N) is 1. The Morgan fingerprint density at radius 1 is 1.17 bits per heavy atom. The second-order valence-electron chi connectivity index (χ2n) is 6.93. The van der Waals surface area contributed by atoms with Crippen LogP contribution in [0, 0.1) is 13.8 Å². The zero-order valence-corrected chi connectivity index (χ0v) is 16.7. The summed E-state index contributed by atoms with van der Waals surface area (Å²) in [6, 6.07) is 10.9. The first-order valence-electron chi connectivity index (χ1n) is 9.28. The molecule has 1 aromatic heterocycles. The maximum Gasteiger partial charge on any atom is 0.416 e. The van der Waals surface area contributed by atoms with Crippen LogP contribution >= 0.6 is 0 Å². The van der Waals surface area contributed by atoms with Crippen molar-refractivity contribution in [2.45, 2.75) is 39.6 Å². The van der Waals surface area contributed by atoms with Crippen LogP contribution in [0.25, 0.3) is 0 Å². The second-order valence-corrected chi connectivity index (χ2v) is 6.93. The molecule has 0 aliphatic heterocycles. The van der Waals surface area contributed by atoms with Gasteiger partial charge in [-0.1, -0.05) is 23.4 Å². The van der Waals surface area contributed by atoms with Gasteiger partial charge < -0.3 is 14.6 Å². The minimum absolute atomic E-state index is 0.258. The van der Waals surface area contributed by atoms with Crippen LogP contribution in [0.1, 0.15) is 51.5 Å². The standard InChI is InChI=1S/C22H21F3N2O3/c1-13(16-7-9-18(10-8-16)22(23,24)25)26-21(28)17-5-4-6-19(11-17)29-12-20-14(2)27-30-15(20)3/h4-11,13H,12H2,1-3H3,(H,26,28). The molecule has 0 fully saturated rings. The van der Waals surface area contributed by atoms with E-state index in [1.807, 2.05) is 6.92 Å². The van der Waals surface area contributed by atoms with Crippen LogP contribution in [0.15, 0.2) is 53.1 Å². The highest BCUT2D eigenvalue weighted by Gasteiger charge is 2.30. The van der Waals surface area contributed by atoms with E-state index in [2.05, 4.69) is 10.5 Å². The minimum Gasteiger partial charge on any atom is -0.489 e. The number of aromatic nitrogens is 1. The summed E-state index contributed by atoms with van der Waals surface area (Å²) in [7, 11) is 0. The first kappa shape index (κ1) is 21.4. The third-order valence-electron chi connectivity index (χ3n) is 4.75. The fourth-order valence-electron chi connectivity index (χ4n) is 2.91. The maximum absolute atomic E-state index is 12.7. The van der Waals surface area contributed by atoms with Crippen molar-refractivity contribution < 1.29 is 27.2 Å². The molecule has 1 atom stereocenters. The van der Waals surface area contributed by atoms with E-state index in [1.165, 1.54) is 12.1 Å². The van der Waals surface area contributed by atoms with Gasteiger partial charge in [-0.15, -0.1) is 0 Å². The molecule has 30 heavy (non-hydrogen) atoms. The molecule has 0 radical (unpaired) electrons. The summed E-state index contributed by atoms with van der Waals surface area (Å²) < 4.78 is 48.9. The monoisotopic (exact) mass is 418 g/mol. The van der Waals surface area contributed by atoms with Crippen LogP contribution in [0.5, 0.6) is 5.75 Å². The third-order valence-corrected chi connectivity index (χ3v) is 4.75. The summed E-state index contributed by atoms with van der Waals surface area (Å²) in [6.45, 7) is 5.58. The van der Waals surface area contributed by atoms with Crippen LogP contribution in [0.3, 0.4) is 0 Å². The van der Waals surface area contributed by atoms with Gasteiger partial charge in [-0.05, 0) is 56.7 Å². The van der Waals surface area contributed by atoms with E-state index in [1.54, 1.807) is 38.1 Å². The Labute approximate surface area is 171 Å². The average Bonchev–Trinajstić information content (AvgIpc) is 3.03. The van der Waals surface area contributed by atoms with Crippen LogP contribution < -0.4 is 10.1 Å². The van der Waals surface area contributed by atoms with Crippen molar-refractivity contribution in [3.05, 3.63) is 82.2 Å². The van der Waals surface area contributed by atoms with Crippen molar-refractivity contribution in [3.8, 4) is 5.75 Å². The van der Waals surface area contributed by atoms with Gasteiger partial charge in [-0.25, -0.2) is 0 Å². The zero-order chi connectivity index (χ0) is 21.9. The molecule has 1 unspecified atom stereocenters. The van der Waals surface area contributed by atoms with Crippen LogP contribution in [0.2, 0.25) is 0 Å². The van der Waals surface area contributed by atoms with E-state index >= 15 is 0 Å². The quantitative estimate of drug-likeness (QED) is 0.584. The summed E-state index contributed by atoms with van der Waals surface area (Å²) in [5.41, 5.74) is 1.81. The Kier molecular flexibility index (Phi) is 6.14. The first-order chi connectivity index (χ1) is 14.1. The van der Waals surface area contributed by atoms with Gasteiger partial charge in [0.2, 0.25) is 0 Å². The molecule has 0 saturated carbocycles. The van der Waals surface area contributed by atoms with Crippen molar-refractivity contribution in [2.24, 2.45) is 0 Å². The van der Waals surface area contributed by atoms with Crippen LogP contribution in [-0.2, 0) is 12.8 Å². The summed E-state index contributed by atoms with van der Waals surface area (Å²) in [6.07, 6.45) is -4.39. The van der Waals surface area contributed by atoms with Crippen molar-refractivity contribution >= 4 is 5.91 Å². The normalized spacial score (nSPS) is 12.5. The molecular formula is C22H21F3N2O3. The van der Waals surface area contributed by atoms with Gasteiger partial charge in [0, 0.05) is 5.56 Å². The average molecular weight is 418 g/mol. The Balaban J connectivity index is 1.64. The molecule has 0 aliphatic carbocycles. The topological polar surface area (TPSA) is 64.4 Å². The summed E-state index contributed by atoms with van der Waals surface area (Å²) >= 11 is 0. The molecule has 0 saturated heterocycles. The van der Waals surface area contributed by atoms with Gasteiger partial charge in [0.1, 0.15) is 18.1 Å². The minimum atomic E-state index is -4.39. The van der Waals surface area contributed by atoms with E-state index < -0.39 is 17.8 Å². The lowest BCUT2D eigenvalue weighted by Gasteiger charge is -2.16. The number of aryl methyl sites for hydroxylation is 2. The van der Waals surface area contributed by atoms with Gasteiger partial charge in [0.15, 0.2) is 0 Å². The van der Waals surface area contributed by atoms with Crippen molar-refractivity contribution in [2.75, 3.05) is 0 Å². The Hall–Kier alpha value is -3.29. The third kappa shape index (κ3) is 5.00.